The molecule has 1 amide bonds. The fraction of sp³-hybridized carbons (Fsp3) is 0.429. The first kappa shape index (κ1) is 10.3. The second kappa shape index (κ2) is 3.97. The summed E-state index contributed by atoms with van der Waals surface area (Å²) in [6.07, 6.45) is -0.824. The minimum absolute atomic E-state index is 0.340. The lowest BCUT2D eigenvalue weighted by Gasteiger charge is -2.21. The van der Waals surface area contributed by atoms with Gasteiger partial charge in [-0.15, -0.1) is 0 Å². The predicted molar refractivity (Wildman–Crippen MR) is 40.9 cm³/mol. The molecule has 0 saturated carbocycles. The third-order valence-electron chi connectivity index (χ3n) is 1.44. The fourth-order valence-corrected chi connectivity index (χ4v) is 0.815. The number of nitrogens with zero attached hydrogens (tertiary/aromatic N) is 1. The van der Waals surface area contributed by atoms with Crippen molar-refractivity contribution in [2.45, 2.75) is 12.7 Å². The maximum absolute atomic E-state index is 10.9. The molecule has 1 aliphatic heterocycles. The molecule has 7 heteroatoms. The molecule has 0 bridgehead atoms. The molecule has 14 heavy (non-hydrogen) atoms. The van der Waals surface area contributed by atoms with Crippen LogP contribution in [0.2, 0.25) is 0 Å². The molecule has 78 valence electrons. The molecule has 1 atom stereocenters. The van der Waals surface area contributed by atoms with Gasteiger partial charge in [-0.05, 0) is 0 Å². The second-order valence-corrected chi connectivity index (χ2v) is 2.59. The van der Waals surface area contributed by atoms with Crippen LogP contribution in [-0.4, -0.2) is 40.6 Å². The van der Waals surface area contributed by atoms with Crippen molar-refractivity contribution in [2.24, 2.45) is 0 Å². The van der Waals surface area contributed by atoms with Gasteiger partial charge >= 0.3 is 5.97 Å². The van der Waals surface area contributed by atoms with E-state index in [1.54, 1.807) is 0 Å². The number of amides is 1. The molecule has 0 aromatic rings. The highest BCUT2D eigenvalue weighted by atomic mass is 16.7. The number of hydroxylamine groups is 2. The fourth-order valence-electron chi connectivity index (χ4n) is 0.815. The monoisotopic (exact) mass is 203 g/mol. The van der Waals surface area contributed by atoms with Crippen LogP contribution < -0.4 is 0 Å². The minimum atomic E-state index is -1.20. The van der Waals surface area contributed by atoms with Crippen molar-refractivity contribution in [2.75, 3.05) is 7.05 Å². The van der Waals surface area contributed by atoms with Crippen LogP contribution in [0.4, 0.5) is 0 Å². The average molecular weight is 203 g/mol. The molecule has 0 spiro atoms. The van der Waals surface area contributed by atoms with Gasteiger partial charge in [0.1, 0.15) is 12.5 Å². The maximum atomic E-state index is 10.9. The van der Waals surface area contributed by atoms with Gasteiger partial charge in [0.2, 0.25) is 0 Å². The lowest BCUT2D eigenvalue weighted by atomic mass is 10.3. The second-order valence-electron chi connectivity index (χ2n) is 2.59. The van der Waals surface area contributed by atoms with Gasteiger partial charge in [-0.3, -0.25) is 10.0 Å². The Morgan fingerprint density at radius 1 is 1.64 bits per heavy atom. The molecule has 0 saturated heterocycles. The first-order chi connectivity index (χ1) is 6.49. The van der Waals surface area contributed by atoms with Crippen LogP contribution in [0.15, 0.2) is 12.0 Å². The number of ether oxygens (including phenoxy) is 2. The van der Waals surface area contributed by atoms with Crippen LogP contribution in [-0.2, 0) is 19.1 Å². The van der Waals surface area contributed by atoms with Crippen LogP contribution in [0.3, 0.4) is 0 Å². The van der Waals surface area contributed by atoms with Gasteiger partial charge in [-0.25, -0.2) is 9.86 Å². The summed E-state index contributed by atoms with van der Waals surface area (Å²) in [6.45, 7) is 0. The highest BCUT2D eigenvalue weighted by molar-refractivity contribution is 5.83. The van der Waals surface area contributed by atoms with Crippen molar-refractivity contribution in [3.63, 3.8) is 0 Å². The summed E-state index contributed by atoms with van der Waals surface area (Å²) in [7, 11) is 1.13. The molecule has 1 aliphatic rings. The van der Waals surface area contributed by atoms with Crippen LogP contribution in [0, 0.1) is 0 Å². The Balaban J connectivity index is 2.52. The number of aliphatic hydroxyl groups excluding tert-OH is 1. The largest absolute Gasteiger partial charge is 0.481 e. The Kier molecular flexibility index (Phi) is 2.92. The molecule has 0 aromatic carbocycles. The molecule has 1 heterocycles. The van der Waals surface area contributed by atoms with E-state index in [-0.39, 0.29) is 6.42 Å². The van der Waals surface area contributed by atoms with E-state index in [0.29, 0.717) is 5.06 Å². The quantitative estimate of drug-likeness (QED) is 0.357. The summed E-state index contributed by atoms with van der Waals surface area (Å²) < 4.78 is 9.11. The highest BCUT2D eigenvalue weighted by Crippen LogP contribution is 2.13. The lowest BCUT2D eigenvalue weighted by Crippen LogP contribution is -2.32. The van der Waals surface area contributed by atoms with E-state index < -0.39 is 24.1 Å². The zero-order valence-electron chi connectivity index (χ0n) is 7.34. The summed E-state index contributed by atoms with van der Waals surface area (Å²) in [6, 6.07) is 0. The van der Waals surface area contributed by atoms with Gasteiger partial charge in [0, 0.05) is 7.05 Å². The lowest BCUT2D eigenvalue weighted by molar-refractivity contribution is -0.191. The van der Waals surface area contributed by atoms with Crippen molar-refractivity contribution >= 4 is 11.9 Å². The average Bonchev–Trinajstić information content (AvgIpc) is 2.01. The van der Waals surface area contributed by atoms with Crippen LogP contribution >= 0.6 is 0 Å². The van der Waals surface area contributed by atoms with E-state index in [9.17, 15) is 9.59 Å². The summed E-state index contributed by atoms with van der Waals surface area (Å²) in [5.41, 5.74) is 0. The van der Waals surface area contributed by atoms with E-state index in [0.717, 1.165) is 13.1 Å². The zero-order chi connectivity index (χ0) is 10.7. The molecular weight excluding hydrogens is 194 g/mol. The normalized spacial score (nSPS) is 20.6. The van der Waals surface area contributed by atoms with E-state index >= 15 is 0 Å². The predicted octanol–water partition coefficient (Wildman–Crippen LogP) is -0.477. The van der Waals surface area contributed by atoms with Crippen molar-refractivity contribution in [3.8, 4) is 0 Å². The molecule has 7 nitrogen and oxygen atoms in total. The van der Waals surface area contributed by atoms with Gasteiger partial charge in [0.05, 0.1) is 0 Å². The number of rotatable bonds is 2. The Bertz CT molecular complexity index is 284. The van der Waals surface area contributed by atoms with Crippen molar-refractivity contribution < 1.29 is 29.4 Å². The molecule has 1 rings (SSSR count). The van der Waals surface area contributed by atoms with Crippen LogP contribution in [0.25, 0.3) is 0 Å². The Labute approximate surface area is 79.1 Å². The SMILES string of the molecule is CN(O)C(=O)CC1OC(=O)C=C(O)O1. The number of carbonyl (C=O) groups is 2. The number of aliphatic hydroxyl groups is 1. The summed E-state index contributed by atoms with van der Waals surface area (Å²) in [5, 5.41) is 17.9. The number of carbonyl (C=O) groups excluding carboxylic acids is 2. The topological polar surface area (TPSA) is 96.3 Å². The van der Waals surface area contributed by atoms with E-state index in [2.05, 4.69) is 9.47 Å². The standard InChI is InChI=1S/C7H9NO6/c1-8(12)4(9)2-7-13-5(10)3-6(11)14-7/h3,7,10,12H,2H2,1H3. The molecule has 0 aliphatic carbocycles. The Hall–Kier alpha value is -1.76. The molecule has 0 aromatic heterocycles. The summed E-state index contributed by atoms with van der Waals surface area (Å²) >= 11 is 0. The van der Waals surface area contributed by atoms with Crippen molar-refractivity contribution in [1.82, 2.24) is 5.06 Å². The number of hydrogen-bond donors (Lipinski definition) is 2. The van der Waals surface area contributed by atoms with Gasteiger partial charge < -0.3 is 14.6 Å². The first-order valence-electron chi connectivity index (χ1n) is 3.72. The van der Waals surface area contributed by atoms with Gasteiger partial charge in [-0.2, -0.15) is 0 Å². The van der Waals surface area contributed by atoms with E-state index in [4.69, 9.17) is 10.3 Å². The van der Waals surface area contributed by atoms with E-state index in [1.807, 2.05) is 0 Å². The molecular formula is C7H9NO6. The zero-order valence-corrected chi connectivity index (χ0v) is 7.34. The number of cyclic esters (lactones) is 1. The molecule has 0 fully saturated rings. The Morgan fingerprint density at radius 3 is 2.79 bits per heavy atom. The van der Waals surface area contributed by atoms with Gasteiger partial charge in [-0.1, -0.05) is 0 Å². The number of hydrogen-bond acceptors (Lipinski definition) is 6. The first-order valence-corrected chi connectivity index (χ1v) is 3.72. The molecule has 0 radical (unpaired) electrons. The third-order valence-corrected chi connectivity index (χ3v) is 1.44. The Morgan fingerprint density at radius 2 is 2.29 bits per heavy atom. The summed E-state index contributed by atoms with van der Waals surface area (Å²) in [4.78, 5) is 21.6. The van der Waals surface area contributed by atoms with E-state index in [1.165, 1.54) is 0 Å². The number of esters is 1. The van der Waals surface area contributed by atoms with Gasteiger partial charge in [0.15, 0.2) is 0 Å². The summed E-state index contributed by atoms with van der Waals surface area (Å²) in [5.74, 6) is -2.11. The maximum Gasteiger partial charge on any atom is 0.341 e. The van der Waals surface area contributed by atoms with Crippen molar-refractivity contribution in [3.05, 3.63) is 12.0 Å². The van der Waals surface area contributed by atoms with Crippen LogP contribution in [0.5, 0.6) is 0 Å². The molecule has 1 unspecified atom stereocenters. The van der Waals surface area contributed by atoms with Crippen LogP contribution in [0.1, 0.15) is 6.42 Å². The third kappa shape index (κ3) is 2.63. The molecule has 2 N–H and O–H groups in total. The smallest absolute Gasteiger partial charge is 0.341 e. The minimum Gasteiger partial charge on any atom is -0.481 e. The van der Waals surface area contributed by atoms with Gasteiger partial charge in [0.25, 0.3) is 18.1 Å². The van der Waals surface area contributed by atoms with Crippen molar-refractivity contribution in [1.29, 1.82) is 0 Å². The highest BCUT2D eigenvalue weighted by Gasteiger charge is 2.26.